The summed E-state index contributed by atoms with van der Waals surface area (Å²) in [5.41, 5.74) is 2.67. The highest BCUT2D eigenvalue weighted by molar-refractivity contribution is 5.15. The summed E-state index contributed by atoms with van der Waals surface area (Å²) < 4.78 is 2.30. The lowest BCUT2D eigenvalue weighted by Crippen LogP contribution is -2.18. The van der Waals surface area contributed by atoms with Gasteiger partial charge in [0.2, 0.25) is 0 Å². The van der Waals surface area contributed by atoms with Crippen LogP contribution < -0.4 is 5.32 Å². The maximum absolute atomic E-state index is 4.42. The molecule has 0 radical (unpaired) electrons. The number of rotatable bonds is 2. The van der Waals surface area contributed by atoms with Crippen molar-refractivity contribution in [2.24, 2.45) is 5.92 Å². The Bertz CT molecular complexity index is 290. The molecule has 1 atom stereocenters. The first-order valence-electron chi connectivity index (χ1n) is 4.98. The van der Waals surface area contributed by atoms with Crippen molar-refractivity contribution < 1.29 is 0 Å². The van der Waals surface area contributed by atoms with Gasteiger partial charge < -0.3 is 9.88 Å². The van der Waals surface area contributed by atoms with Gasteiger partial charge in [-0.05, 0) is 25.8 Å². The van der Waals surface area contributed by atoms with E-state index in [0.717, 1.165) is 19.0 Å². The number of aromatic nitrogens is 2. The van der Waals surface area contributed by atoms with Crippen LogP contribution in [0.4, 0.5) is 0 Å². The molecule has 1 unspecified atom stereocenters. The Morgan fingerprint density at radius 3 is 3.31 bits per heavy atom. The molecule has 2 rings (SSSR count). The Morgan fingerprint density at radius 1 is 1.69 bits per heavy atom. The maximum Gasteiger partial charge on any atom is 0.0952 e. The van der Waals surface area contributed by atoms with Gasteiger partial charge in [-0.25, -0.2) is 4.98 Å². The van der Waals surface area contributed by atoms with Crippen LogP contribution in [-0.4, -0.2) is 16.6 Å². The molecular weight excluding hydrogens is 162 g/mol. The Balaban J connectivity index is 2.25. The van der Waals surface area contributed by atoms with E-state index in [1.54, 1.807) is 0 Å². The Hall–Kier alpha value is -0.830. The largest absolute Gasteiger partial charge is 0.334 e. The van der Waals surface area contributed by atoms with Gasteiger partial charge in [0, 0.05) is 18.8 Å². The van der Waals surface area contributed by atoms with Gasteiger partial charge in [-0.15, -0.1) is 0 Å². The van der Waals surface area contributed by atoms with E-state index in [-0.39, 0.29) is 0 Å². The van der Waals surface area contributed by atoms with E-state index in [4.69, 9.17) is 0 Å². The number of fused-ring (bicyclic) bond motifs is 1. The molecule has 0 spiro atoms. The van der Waals surface area contributed by atoms with Gasteiger partial charge in [-0.3, -0.25) is 0 Å². The van der Waals surface area contributed by atoms with Gasteiger partial charge in [0.25, 0.3) is 0 Å². The van der Waals surface area contributed by atoms with E-state index in [9.17, 15) is 0 Å². The zero-order valence-corrected chi connectivity index (χ0v) is 8.38. The summed E-state index contributed by atoms with van der Waals surface area (Å²) in [5, 5.41) is 3.16. The Labute approximate surface area is 79.2 Å². The molecule has 1 N–H and O–H groups in total. The molecule has 2 heterocycles. The predicted molar refractivity (Wildman–Crippen MR) is 52.5 cm³/mol. The van der Waals surface area contributed by atoms with Crippen LogP contribution in [-0.2, 0) is 19.5 Å². The van der Waals surface area contributed by atoms with Gasteiger partial charge >= 0.3 is 0 Å². The zero-order chi connectivity index (χ0) is 9.26. The van der Waals surface area contributed by atoms with Crippen molar-refractivity contribution in [2.75, 3.05) is 7.05 Å². The van der Waals surface area contributed by atoms with Crippen molar-refractivity contribution in [3.63, 3.8) is 0 Å². The summed E-state index contributed by atoms with van der Waals surface area (Å²) in [4.78, 5) is 4.42. The van der Waals surface area contributed by atoms with E-state index >= 15 is 0 Å². The van der Waals surface area contributed by atoms with E-state index < -0.39 is 0 Å². The molecule has 0 bridgehead atoms. The highest BCUT2D eigenvalue weighted by Crippen LogP contribution is 2.21. The van der Waals surface area contributed by atoms with Crippen LogP contribution in [0.1, 0.15) is 24.7 Å². The van der Waals surface area contributed by atoms with Crippen LogP contribution in [0.2, 0.25) is 0 Å². The van der Waals surface area contributed by atoms with E-state index in [0.29, 0.717) is 0 Å². The van der Waals surface area contributed by atoms with Crippen LogP contribution in [0.25, 0.3) is 0 Å². The standard InChI is InChI=1S/C10H17N3/c1-8-3-4-13-7-12-9(6-11-2)10(13)5-8/h7-8,11H,3-6H2,1-2H3. The van der Waals surface area contributed by atoms with Crippen molar-refractivity contribution >= 4 is 0 Å². The van der Waals surface area contributed by atoms with E-state index in [1.807, 2.05) is 13.4 Å². The van der Waals surface area contributed by atoms with Crippen LogP contribution in [0.5, 0.6) is 0 Å². The third kappa shape index (κ3) is 1.61. The van der Waals surface area contributed by atoms with Gasteiger partial charge in [0.05, 0.1) is 12.0 Å². The maximum atomic E-state index is 4.42. The number of aryl methyl sites for hydroxylation is 1. The summed E-state index contributed by atoms with van der Waals surface area (Å²) in [7, 11) is 1.97. The van der Waals surface area contributed by atoms with E-state index in [2.05, 4.69) is 21.8 Å². The molecular formula is C10H17N3. The zero-order valence-electron chi connectivity index (χ0n) is 8.38. The van der Waals surface area contributed by atoms with Crippen molar-refractivity contribution in [3.05, 3.63) is 17.7 Å². The second-order valence-electron chi connectivity index (χ2n) is 3.96. The van der Waals surface area contributed by atoms with Crippen LogP contribution in [0, 0.1) is 5.92 Å². The molecule has 72 valence electrons. The number of hydrogen-bond donors (Lipinski definition) is 1. The third-order valence-corrected chi connectivity index (χ3v) is 2.78. The van der Waals surface area contributed by atoms with Crippen molar-refractivity contribution in [2.45, 2.75) is 32.9 Å². The lowest BCUT2D eigenvalue weighted by molar-refractivity contribution is 0.414. The SMILES string of the molecule is CNCc1ncn2c1CC(C)CC2. The van der Waals surface area contributed by atoms with Gasteiger partial charge in [0.15, 0.2) is 0 Å². The highest BCUT2D eigenvalue weighted by atomic mass is 15.1. The van der Waals surface area contributed by atoms with Crippen molar-refractivity contribution in [1.82, 2.24) is 14.9 Å². The van der Waals surface area contributed by atoms with Crippen LogP contribution >= 0.6 is 0 Å². The summed E-state index contributed by atoms with van der Waals surface area (Å²) >= 11 is 0. The summed E-state index contributed by atoms with van der Waals surface area (Å²) in [6, 6.07) is 0. The van der Waals surface area contributed by atoms with Gasteiger partial charge in [-0.1, -0.05) is 6.92 Å². The summed E-state index contributed by atoms with van der Waals surface area (Å²) in [6.07, 6.45) is 4.47. The summed E-state index contributed by atoms with van der Waals surface area (Å²) in [6.45, 7) is 4.36. The average molecular weight is 179 g/mol. The Morgan fingerprint density at radius 2 is 2.54 bits per heavy atom. The first kappa shape index (κ1) is 8.75. The molecule has 0 aliphatic carbocycles. The van der Waals surface area contributed by atoms with E-state index in [1.165, 1.54) is 24.2 Å². The lowest BCUT2D eigenvalue weighted by Gasteiger charge is -2.21. The molecule has 0 amide bonds. The number of nitrogens with zero attached hydrogens (tertiary/aromatic N) is 2. The van der Waals surface area contributed by atoms with Crippen LogP contribution in [0.3, 0.4) is 0 Å². The molecule has 13 heavy (non-hydrogen) atoms. The second-order valence-corrected chi connectivity index (χ2v) is 3.96. The first-order valence-corrected chi connectivity index (χ1v) is 4.98. The molecule has 1 aromatic rings. The molecule has 3 nitrogen and oxygen atoms in total. The second kappa shape index (κ2) is 3.50. The molecule has 0 aromatic carbocycles. The fourth-order valence-electron chi connectivity index (χ4n) is 1.98. The molecule has 1 aliphatic heterocycles. The quantitative estimate of drug-likeness (QED) is 0.739. The normalized spacial score (nSPS) is 21.5. The molecule has 3 heteroatoms. The van der Waals surface area contributed by atoms with Gasteiger partial charge in [0.1, 0.15) is 0 Å². The van der Waals surface area contributed by atoms with Gasteiger partial charge in [-0.2, -0.15) is 0 Å². The smallest absolute Gasteiger partial charge is 0.0952 e. The fraction of sp³-hybridized carbons (Fsp3) is 0.700. The molecule has 0 saturated carbocycles. The minimum atomic E-state index is 0.819. The Kier molecular flexibility index (Phi) is 2.36. The minimum absolute atomic E-state index is 0.819. The van der Waals surface area contributed by atoms with Crippen molar-refractivity contribution in [1.29, 1.82) is 0 Å². The number of hydrogen-bond acceptors (Lipinski definition) is 2. The minimum Gasteiger partial charge on any atom is -0.334 e. The molecule has 0 saturated heterocycles. The third-order valence-electron chi connectivity index (χ3n) is 2.78. The lowest BCUT2D eigenvalue weighted by atomic mass is 9.97. The summed E-state index contributed by atoms with van der Waals surface area (Å²) in [5.74, 6) is 0.819. The average Bonchev–Trinajstić information content (AvgIpc) is 2.49. The number of imidazole rings is 1. The van der Waals surface area contributed by atoms with Crippen molar-refractivity contribution in [3.8, 4) is 0 Å². The number of nitrogens with one attached hydrogen (secondary N) is 1. The molecule has 0 fully saturated rings. The highest BCUT2D eigenvalue weighted by Gasteiger charge is 2.18. The fourth-order valence-corrected chi connectivity index (χ4v) is 1.98. The predicted octanol–water partition coefficient (Wildman–Crippen LogP) is 1.18. The monoisotopic (exact) mass is 179 g/mol. The first-order chi connectivity index (χ1) is 6.31. The topological polar surface area (TPSA) is 29.9 Å². The van der Waals surface area contributed by atoms with Crippen LogP contribution in [0.15, 0.2) is 6.33 Å². The molecule has 1 aromatic heterocycles. The molecule has 1 aliphatic rings.